The molecule has 28 heavy (non-hydrogen) atoms. The van der Waals surface area contributed by atoms with Gasteiger partial charge in [-0.3, -0.25) is 9.36 Å². The van der Waals surface area contributed by atoms with Gasteiger partial charge in [0.05, 0.1) is 5.75 Å². The van der Waals surface area contributed by atoms with Crippen LogP contribution in [0.25, 0.3) is 0 Å². The predicted molar refractivity (Wildman–Crippen MR) is 107 cm³/mol. The minimum absolute atomic E-state index is 0.101. The fraction of sp³-hybridized carbons (Fsp3) is 0.190. The van der Waals surface area contributed by atoms with Crippen molar-refractivity contribution in [1.29, 1.82) is 0 Å². The molecule has 0 aliphatic rings. The number of aromatic nitrogens is 3. The Morgan fingerprint density at radius 1 is 1.18 bits per heavy atom. The van der Waals surface area contributed by atoms with Crippen LogP contribution < -0.4 is 4.74 Å². The van der Waals surface area contributed by atoms with E-state index >= 15 is 0 Å². The number of benzene rings is 2. The maximum atomic E-state index is 13.0. The molecule has 5 nitrogen and oxygen atoms in total. The molecule has 0 unspecified atom stereocenters. The van der Waals surface area contributed by atoms with Gasteiger partial charge in [0.1, 0.15) is 18.2 Å². The van der Waals surface area contributed by atoms with E-state index in [1.165, 1.54) is 36.0 Å². The average Bonchev–Trinajstić information content (AvgIpc) is 3.08. The SMILES string of the molecule is C=CCn1c(COc2ccc(C)cc2)nnc1SCC(=O)c1ccc(F)cc1. The predicted octanol–water partition coefficient (Wildman–Crippen LogP) is 4.47. The van der Waals surface area contributed by atoms with E-state index in [1.54, 1.807) is 6.08 Å². The van der Waals surface area contributed by atoms with Crippen molar-refractivity contribution in [2.75, 3.05) is 5.75 Å². The standard InChI is InChI=1S/C21H20FN3O2S/c1-3-12-25-20(13-27-18-10-4-15(2)5-11-18)23-24-21(25)28-14-19(26)16-6-8-17(22)9-7-16/h3-11H,1,12-14H2,2H3. The minimum Gasteiger partial charge on any atom is -0.486 e. The summed E-state index contributed by atoms with van der Waals surface area (Å²) in [5, 5.41) is 8.97. The number of rotatable bonds is 9. The number of hydrogen-bond acceptors (Lipinski definition) is 5. The van der Waals surface area contributed by atoms with Crippen LogP contribution in [0.15, 0.2) is 66.3 Å². The lowest BCUT2D eigenvalue weighted by molar-refractivity contribution is 0.102. The first-order valence-electron chi connectivity index (χ1n) is 8.71. The van der Waals surface area contributed by atoms with Gasteiger partial charge in [-0.25, -0.2) is 4.39 Å². The van der Waals surface area contributed by atoms with Crippen molar-refractivity contribution in [1.82, 2.24) is 14.8 Å². The van der Waals surface area contributed by atoms with E-state index in [-0.39, 0.29) is 24.0 Å². The molecular formula is C21H20FN3O2S. The van der Waals surface area contributed by atoms with E-state index in [0.717, 1.165) is 11.3 Å². The number of allylic oxidation sites excluding steroid dienone is 1. The second kappa shape index (κ2) is 9.32. The Morgan fingerprint density at radius 2 is 1.89 bits per heavy atom. The second-order valence-electron chi connectivity index (χ2n) is 6.12. The summed E-state index contributed by atoms with van der Waals surface area (Å²) in [6, 6.07) is 13.3. The molecule has 0 radical (unpaired) electrons. The third-order valence-electron chi connectivity index (χ3n) is 3.99. The third-order valence-corrected chi connectivity index (χ3v) is 4.96. The molecule has 0 amide bonds. The smallest absolute Gasteiger partial charge is 0.192 e. The number of aryl methyl sites for hydroxylation is 1. The van der Waals surface area contributed by atoms with E-state index in [4.69, 9.17) is 4.74 Å². The van der Waals surface area contributed by atoms with E-state index in [9.17, 15) is 9.18 Å². The highest BCUT2D eigenvalue weighted by Crippen LogP contribution is 2.20. The molecule has 3 aromatic rings. The molecule has 0 aliphatic heterocycles. The van der Waals surface area contributed by atoms with Crippen molar-refractivity contribution in [2.45, 2.75) is 25.2 Å². The van der Waals surface area contributed by atoms with Crippen LogP contribution in [0.3, 0.4) is 0 Å². The number of ketones is 1. The van der Waals surface area contributed by atoms with Gasteiger partial charge in [-0.15, -0.1) is 16.8 Å². The Bertz CT molecular complexity index is 953. The van der Waals surface area contributed by atoms with Crippen molar-refractivity contribution >= 4 is 17.5 Å². The molecule has 7 heteroatoms. The molecule has 0 fully saturated rings. The number of halogens is 1. The van der Waals surface area contributed by atoms with Crippen molar-refractivity contribution in [3.63, 3.8) is 0 Å². The number of carbonyl (C=O) groups excluding carboxylic acids is 1. The molecule has 0 atom stereocenters. The number of hydrogen-bond donors (Lipinski definition) is 0. The van der Waals surface area contributed by atoms with Crippen LogP contribution in [0.5, 0.6) is 5.75 Å². The van der Waals surface area contributed by atoms with Gasteiger partial charge in [0.15, 0.2) is 16.8 Å². The maximum absolute atomic E-state index is 13.0. The normalized spacial score (nSPS) is 10.6. The number of thioether (sulfide) groups is 1. The largest absolute Gasteiger partial charge is 0.486 e. The van der Waals surface area contributed by atoms with E-state index in [2.05, 4.69) is 16.8 Å². The first-order chi connectivity index (χ1) is 13.6. The van der Waals surface area contributed by atoms with Crippen LogP contribution >= 0.6 is 11.8 Å². The Labute approximate surface area is 167 Å². The van der Waals surface area contributed by atoms with Crippen LogP contribution in [0.1, 0.15) is 21.7 Å². The summed E-state index contributed by atoms with van der Waals surface area (Å²) in [4.78, 5) is 12.3. The molecule has 2 aromatic carbocycles. The highest BCUT2D eigenvalue weighted by Gasteiger charge is 2.15. The number of Topliss-reactive ketones (excluding diaryl/α,β-unsaturated/α-hetero) is 1. The Kier molecular flexibility index (Phi) is 6.60. The number of carbonyl (C=O) groups is 1. The molecule has 0 saturated heterocycles. The molecule has 0 saturated carbocycles. The zero-order chi connectivity index (χ0) is 19.9. The zero-order valence-electron chi connectivity index (χ0n) is 15.5. The first kappa shape index (κ1) is 19.8. The number of nitrogens with zero attached hydrogens (tertiary/aromatic N) is 3. The Morgan fingerprint density at radius 3 is 2.57 bits per heavy atom. The summed E-state index contributed by atoms with van der Waals surface area (Å²) in [6.45, 7) is 6.55. The molecule has 3 rings (SSSR count). The summed E-state index contributed by atoms with van der Waals surface area (Å²) >= 11 is 1.28. The van der Waals surface area contributed by atoms with Crippen LogP contribution in [0, 0.1) is 12.7 Å². The van der Waals surface area contributed by atoms with E-state index in [1.807, 2.05) is 35.8 Å². The zero-order valence-corrected chi connectivity index (χ0v) is 16.3. The van der Waals surface area contributed by atoms with Crippen molar-refractivity contribution in [2.24, 2.45) is 0 Å². The summed E-state index contributed by atoms with van der Waals surface area (Å²) in [5.74, 6) is 1.11. The minimum atomic E-state index is -0.367. The van der Waals surface area contributed by atoms with Crippen LogP contribution in [-0.4, -0.2) is 26.3 Å². The highest BCUT2D eigenvalue weighted by atomic mass is 32.2. The molecular weight excluding hydrogens is 377 g/mol. The quantitative estimate of drug-likeness (QED) is 0.303. The van der Waals surface area contributed by atoms with Crippen LogP contribution in [-0.2, 0) is 13.2 Å². The van der Waals surface area contributed by atoms with Gasteiger partial charge in [0, 0.05) is 12.1 Å². The van der Waals surface area contributed by atoms with E-state index < -0.39 is 0 Å². The second-order valence-corrected chi connectivity index (χ2v) is 7.06. The fourth-order valence-corrected chi connectivity index (χ4v) is 3.34. The van der Waals surface area contributed by atoms with Gasteiger partial charge in [-0.05, 0) is 43.3 Å². The lowest BCUT2D eigenvalue weighted by Gasteiger charge is -2.09. The van der Waals surface area contributed by atoms with Gasteiger partial charge >= 0.3 is 0 Å². The first-order valence-corrected chi connectivity index (χ1v) is 9.69. The molecule has 1 aromatic heterocycles. The van der Waals surface area contributed by atoms with Crippen molar-refractivity contribution in [3.05, 3.63) is 84.0 Å². The van der Waals surface area contributed by atoms with Gasteiger partial charge < -0.3 is 4.74 Å². The van der Waals surface area contributed by atoms with Crippen molar-refractivity contribution in [3.8, 4) is 5.75 Å². The maximum Gasteiger partial charge on any atom is 0.192 e. The summed E-state index contributed by atoms with van der Waals surface area (Å²) in [7, 11) is 0. The topological polar surface area (TPSA) is 57.0 Å². The van der Waals surface area contributed by atoms with Crippen LogP contribution in [0.4, 0.5) is 4.39 Å². The molecule has 144 valence electrons. The highest BCUT2D eigenvalue weighted by molar-refractivity contribution is 7.99. The van der Waals surface area contributed by atoms with E-state index in [0.29, 0.717) is 23.1 Å². The fourth-order valence-electron chi connectivity index (χ4n) is 2.48. The average molecular weight is 397 g/mol. The van der Waals surface area contributed by atoms with Crippen molar-refractivity contribution < 1.29 is 13.9 Å². The van der Waals surface area contributed by atoms with Gasteiger partial charge in [0.25, 0.3) is 0 Å². The lowest BCUT2D eigenvalue weighted by Crippen LogP contribution is -2.09. The van der Waals surface area contributed by atoms with Crippen LogP contribution in [0.2, 0.25) is 0 Å². The summed E-state index contributed by atoms with van der Waals surface area (Å²) in [5.41, 5.74) is 1.62. The van der Waals surface area contributed by atoms with Gasteiger partial charge in [-0.2, -0.15) is 0 Å². The Hall–Kier alpha value is -2.93. The molecule has 0 spiro atoms. The Balaban J connectivity index is 1.65. The van der Waals surface area contributed by atoms with Gasteiger partial charge in [0.2, 0.25) is 0 Å². The lowest BCUT2D eigenvalue weighted by atomic mass is 10.1. The molecule has 0 N–H and O–H groups in total. The molecule has 1 heterocycles. The summed E-state index contributed by atoms with van der Waals surface area (Å²) in [6.07, 6.45) is 1.74. The molecule has 0 aliphatic carbocycles. The number of ether oxygens (including phenoxy) is 1. The molecule has 0 bridgehead atoms. The monoisotopic (exact) mass is 397 g/mol. The van der Waals surface area contributed by atoms with Gasteiger partial charge in [-0.1, -0.05) is 35.5 Å². The third kappa shape index (κ3) is 5.07. The summed E-state index contributed by atoms with van der Waals surface area (Å²) < 4.78 is 20.6.